The van der Waals surface area contributed by atoms with E-state index >= 15 is 0 Å². The van der Waals surface area contributed by atoms with Gasteiger partial charge in [-0.15, -0.1) is 0 Å². The van der Waals surface area contributed by atoms with Crippen molar-refractivity contribution in [3.63, 3.8) is 0 Å². The third kappa shape index (κ3) is 9.34. The number of carbonyl (C=O) groups is 1. The summed E-state index contributed by atoms with van der Waals surface area (Å²) in [7, 11) is 0. The first kappa shape index (κ1) is 20.5. The third-order valence-electron chi connectivity index (χ3n) is 4.98. The van der Waals surface area contributed by atoms with E-state index in [9.17, 15) is 4.79 Å². The van der Waals surface area contributed by atoms with E-state index in [1.165, 1.54) is 64.2 Å². The largest absolute Gasteiger partial charge is 0.378 e. The molecular formula is C20H39NO2. The Morgan fingerprint density at radius 2 is 1.30 bits per heavy atom. The minimum atomic E-state index is 0.261. The van der Waals surface area contributed by atoms with Crippen LogP contribution in [0.3, 0.4) is 0 Å². The van der Waals surface area contributed by atoms with Crippen LogP contribution in [0.5, 0.6) is 0 Å². The minimum absolute atomic E-state index is 0.261. The van der Waals surface area contributed by atoms with Crippen LogP contribution in [-0.2, 0) is 9.53 Å². The third-order valence-corrected chi connectivity index (χ3v) is 4.98. The van der Waals surface area contributed by atoms with Crippen LogP contribution in [0.2, 0.25) is 0 Å². The van der Waals surface area contributed by atoms with Gasteiger partial charge in [0.25, 0.3) is 0 Å². The second-order valence-corrected chi connectivity index (χ2v) is 7.04. The molecule has 3 heteroatoms. The molecule has 136 valence electrons. The molecule has 0 unspecified atom stereocenters. The van der Waals surface area contributed by atoms with Crippen LogP contribution in [0.15, 0.2) is 0 Å². The highest BCUT2D eigenvalue weighted by molar-refractivity contribution is 5.78. The van der Waals surface area contributed by atoms with Crippen molar-refractivity contribution in [1.29, 1.82) is 0 Å². The molecule has 0 aliphatic carbocycles. The maximum Gasteiger partial charge on any atom is 0.225 e. The molecule has 0 atom stereocenters. The van der Waals surface area contributed by atoms with Crippen molar-refractivity contribution >= 4 is 5.91 Å². The van der Waals surface area contributed by atoms with Crippen LogP contribution in [-0.4, -0.2) is 37.1 Å². The van der Waals surface area contributed by atoms with E-state index in [4.69, 9.17) is 4.74 Å². The SMILES string of the molecule is CCCCCCCC(CCCCCCC)C(=O)N1CCOCC1. The number of morpholine rings is 1. The van der Waals surface area contributed by atoms with Gasteiger partial charge >= 0.3 is 0 Å². The molecule has 1 fully saturated rings. The highest BCUT2D eigenvalue weighted by atomic mass is 16.5. The van der Waals surface area contributed by atoms with Gasteiger partial charge in [0.1, 0.15) is 0 Å². The molecule has 1 heterocycles. The lowest BCUT2D eigenvalue weighted by atomic mass is 9.92. The first-order valence-electron chi connectivity index (χ1n) is 10.2. The molecule has 0 aromatic heterocycles. The number of nitrogens with zero attached hydrogens (tertiary/aromatic N) is 1. The predicted octanol–water partition coefficient (Wildman–Crippen LogP) is 5.18. The van der Waals surface area contributed by atoms with E-state index < -0.39 is 0 Å². The second-order valence-electron chi connectivity index (χ2n) is 7.04. The molecule has 3 nitrogen and oxygen atoms in total. The van der Waals surface area contributed by atoms with E-state index in [0.29, 0.717) is 19.1 Å². The molecule has 23 heavy (non-hydrogen) atoms. The molecule has 1 amide bonds. The predicted molar refractivity (Wildman–Crippen MR) is 97.6 cm³/mol. The lowest BCUT2D eigenvalue weighted by molar-refractivity contribution is -0.140. The lowest BCUT2D eigenvalue weighted by Gasteiger charge is -2.30. The molecule has 1 saturated heterocycles. The smallest absolute Gasteiger partial charge is 0.225 e. The maximum absolute atomic E-state index is 12.8. The monoisotopic (exact) mass is 325 g/mol. The van der Waals surface area contributed by atoms with Gasteiger partial charge in [0.05, 0.1) is 13.2 Å². The van der Waals surface area contributed by atoms with Crippen molar-refractivity contribution in [2.24, 2.45) is 5.92 Å². The summed E-state index contributed by atoms with van der Waals surface area (Å²) < 4.78 is 5.39. The van der Waals surface area contributed by atoms with Crippen LogP contribution in [0.4, 0.5) is 0 Å². The first-order chi connectivity index (χ1) is 11.3. The minimum Gasteiger partial charge on any atom is -0.378 e. The molecule has 0 radical (unpaired) electrons. The quantitative estimate of drug-likeness (QED) is 0.436. The number of ether oxygens (including phenoxy) is 1. The van der Waals surface area contributed by atoms with Gasteiger partial charge in [-0.05, 0) is 12.8 Å². The van der Waals surface area contributed by atoms with Crippen molar-refractivity contribution in [3.8, 4) is 0 Å². The molecule has 1 rings (SSSR count). The van der Waals surface area contributed by atoms with Crippen LogP contribution in [0.25, 0.3) is 0 Å². The Kier molecular flexibility index (Phi) is 12.3. The summed E-state index contributed by atoms with van der Waals surface area (Å²) in [4.78, 5) is 14.9. The zero-order valence-electron chi connectivity index (χ0n) is 15.7. The average molecular weight is 326 g/mol. The molecule has 0 saturated carbocycles. The number of carbonyl (C=O) groups excluding carboxylic acids is 1. The van der Waals surface area contributed by atoms with Gasteiger partial charge < -0.3 is 9.64 Å². The molecular weight excluding hydrogens is 286 g/mol. The molecule has 0 N–H and O–H groups in total. The summed E-state index contributed by atoms with van der Waals surface area (Å²) >= 11 is 0. The topological polar surface area (TPSA) is 29.5 Å². The number of amides is 1. The Morgan fingerprint density at radius 1 is 0.826 bits per heavy atom. The van der Waals surface area contributed by atoms with Gasteiger partial charge in [0.2, 0.25) is 5.91 Å². The fourth-order valence-corrected chi connectivity index (χ4v) is 3.42. The molecule has 1 aliphatic heterocycles. The van der Waals surface area contributed by atoms with E-state index in [2.05, 4.69) is 13.8 Å². The Labute approximate surface area is 144 Å². The zero-order chi connectivity index (χ0) is 16.8. The fourth-order valence-electron chi connectivity index (χ4n) is 3.42. The molecule has 1 aliphatic rings. The van der Waals surface area contributed by atoms with E-state index in [0.717, 1.165) is 25.9 Å². The van der Waals surface area contributed by atoms with Crippen molar-refractivity contribution < 1.29 is 9.53 Å². The number of unbranched alkanes of at least 4 members (excludes halogenated alkanes) is 8. The van der Waals surface area contributed by atoms with E-state index in [1.54, 1.807) is 0 Å². The summed E-state index contributed by atoms with van der Waals surface area (Å²) in [6.45, 7) is 7.51. The summed E-state index contributed by atoms with van der Waals surface area (Å²) in [6, 6.07) is 0. The average Bonchev–Trinajstić information content (AvgIpc) is 2.59. The highest BCUT2D eigenvalue weighted by Gasteiger charge is 2.24. The molecule has 0 aromatic carbocycles. The number of rotatable bonds is 13. The van der Waals surface area contributed by atoms with Crippen molar-refractivity contribution in [2.75, 3.05) is 26.3 Å². The van der Waals surface area contributed by atoms with Crippen molar-refractivity contribution in [2.45, 2.75) is 90.9 Å². The summed E-state index contributed by atoms with van der Waals surface area (Å²) in [5, 5.41) is 0. The molecule has 0 aromatic rings. The van der Waals surface area contributed by atoms with Crippen LogP contribution in [0.1, 0.15) is 90.9 Å². The van der Waals surface area contributed by atoms with Gasteiger partial charge in [-0.3, -0.25) is 4.79 Å². The number of hydrogen-bond donors (Lipinski definition) is 0. The lowest BCUT2D eigenvalue weighted by Crippen LogP contribution is -2.43. The Hall–Kier alpha value is -0.570. The normalized spacial score (nSPS) is 15.3. The van der Waals surface area contributed by atoms with E-state index in [-0.39, 0.29) is 5.92 Å². The highest BCUT2D eigenvalue weighted by Crippen LogP contribution is 2.21. The standard InChI is InChI=1S/C20H39NO2/c1-3-5-7-9-11-13-19(14-12-10-8-6-4-2)20(22)21-15-17-23-18-16-21/h19H,3-18H2,1-2H3. The number of hydrogen-bond acceptors (Lipinski definition) is 2. The first-order valence-corrected chi connectivity index (χ1v) is 10.2. The zero-order valence-corrected chi connectivity index (χ0v) is 15.7. The Balaban J connectivity index is 2.34. The van der Waals surface area contributed by atoms with Crippen molar-refractivity contribution in [1.82, 2.24) is 4.90 Å². The van der Waals surface area contributed by atoms with Crippen molar-refractivity contribution in [3.05, 3.63) is 0 Å². The second kappa shape index (κ2) is 13.8. The summed E-state index contributed by atoms with van der Waals surface area (Å²) in [5.41, 5.74) is 0. The summed E-state index contributed by atoms with van der Waals surface area (Å²) in [5.74, 6) is 0.663. The Bertz CT molecular complexity index is 273. The van der Waals surface area contributed by atoms with Gasteiger partial charge in [-0.25, -0.2) is 0 Å². The fraction of sp³-hybridized carbons (Fsp3) is 0.950. The van der Waals surface area contributed by atoms with Gasteiger partial charge in [0.15, 0.2) is 0 Å². The van der Waals surface area contributed by atoms with Gasteiger partial charge in [0, 0.05) is 19.0 Å². The molecule has 0 bridgehead atoms. The van der Waals surface area contributed by atoms with Gasteiger partial charge in [-0.1, -0.05) is 78.1 Å². The van der Waals surface area contributed by atoms with E-state index in [1.807, 2.05) is 4.90 Å². The van der Waals surface area contributed by atoms with Crippen LogP contribution < -0.4 is 0 Å². The maximum atomic E-state index is 12.8. The Morgan fingerprint density at radius 3 is 1.78 bits per heavy atom. The summed E-state index contributed by atoms with van der Waals surface area (Å²) in [6.07, 6.45) is 15.1. The van der Waals surface area contributed by atoms with Crippen LogP contribution in [0, 0.1) is 5.92 Å². The van der Waals surface area contributed by atoms with Gasteiger partial charge in [-0.2, -0.15) is 0 Å². The van der Waals surface area contributed by atoms with Crippen LogP contribution >= 0.6 is 0 Å². The molecule has 0 spiro atoms.